The van der Waals surface area contributed by atoms with Gasteiger partial charge < -0.3 is 29.6 Å². The smallest absolute Gasteiger partial charge is 0.434 e. The summed E-state index contributed by atoms with van der Waals surface area (Å²) >= 11 is 5.94. The molecule has 0 saturated carbocycles. The minimum atomic E-state index is -1.51. The number of rotatable bonds is 12. The summed E-state index contributed by atoms with van der Waals surface area (Å²) < 4.78 is 18.0. The number of carbonyl (C=O) groups is 1. The van der Waals surface area contributed by atoms with Gasteiger partial charge in [0, 0.05) is 12.6 Å². The van der Waals surface area contributed by atoms with E-state index in [2.05, 4.69) is 22.8 Å². The molecule has 1 fully saturated rings. The highest BCUT2D eigenvalue weighted by Gasteiger charge is 2.49. The number of nitrogen functional groups attached to an aromatic ring is 1. The van der Waals surface area contributed by atoms with Crippen LogP contribution >= 0.6 is 11.6 Å². The van der Waals surface area contributed by atoms with Gasteiger partial charge in [-0.25, -0.2) is 9.78 Å². The Hall–Kier alpha value is -2.54. The summed E-state index contributed by atoms with van der Waals surface area (Å²) in [6, 6.07) is 1.73. The number of aromatic nitrogens is 3. The van der Waals surface area contributed by atoms with Crippen molar-refractivity contribution in [3.63, 3.8) is 0 Å². The van der Waals surface area contributed by atoms with E-state index in [-0.39, 0.29) is 30.7 Å². The zero-order valence-corrected chi connectivity index (χ0v) is 20.3. The minimum absolute atomic E-state index is 0.00530. The van der Waals surface area contributed by atoms with E-state index < -0.39 is 24.1 Å². The van der Waals surface area contributed by atoms with Crippen LogP contribution in [-0.4, -0.2) is 50.7 Å². The molecule has 3 rings (SSSR count). The first-order valence-corrected chi connectivity index (χ1v) is 12.2. The quantitative estimate of drug-likeness (QED) is 0.190. The van der Waals surface area contributed by atoms with Crippen molar-refractivity contribution in [1.82, 2.24) is 14.5 Å². The number of hydrogen-bond donors (Lipinski definition) is 2. The Morgan fingerprint density at radius 3 is 2.71 bits per heavy atom. The number of anilines is 1. The number of unbranched alkanes of at least 4 members (excludes halogenated alkanes) is 7. The van der Waals surface area contributed by atoms with Crippen LogP contribution in [0.1, 0.15) is 70.9 Å². The summed E-state index contributed by atoms with van der Waals surface area (Å²) in [6.07, 6.45) is 14.1. The van der Waals surface area contributed by atoms with E-state index >= 15 is 0 Å². The Labute approximate surface area is 204 Å². The highest BCUT2D eigenvalue weighted by molar-refractivity contribution is 6.28. The molecule has 1 aliphatic rings. The van der Waals surface area contributed by atoms with Gasteiger partial charge in [-0.15, -0.1) is 6.42 Å². The van der Waals surface area contributed by atoms with E-state index in [4.69, 9.17) is 38.0 Å². The number of carbonyl (C=O) groups excluding carboxylic acids is 1. The van der Waals surface area contributed by atoms with Crippen molar-refractivity contribution >= 4 is 34.6 Å². The van der Waals surface area contributed by atoms with E-state index in [9.17, 15) is 9.90 Å². The van der Waals surface area contributed by atoms with Gasteiger partial charge in [-0.05, 0) is 24.1 Å². The molecule has 0 aromatic carbocycles. The highest BCUT2D eigenvalue weighted by atomic mass is 35.5. The van der Waals surface area contributed by atoms with E-state index in [0.29, 0.717) is 11.0 Å². The Morgan fingerprint density at radius 2 is 2.00 bits per heavy atom. The number of terminal acetylenes is 1. The van der Waals surface area contributed by atoms with Gasteiger partial charge in [0.05, 0.1) is 12.0 Å². The van der Waals surface area contributed by atoms with Gasteiger partial charge in [0.1, 0.15) is 30.4 Å². The molecule has 0 aliphatic carbocycles. The molecule has 2 aromatic rings. The zero-order chi connectivity index (χ0) is 24.6. The maximum absolute atomic E-state index is 12.0. The number of aliphatic hydroxyl groups excluding tert-OH is 1. The molecule has 3 N–H and O–H groups in total. The van der Waals surface area contributed by atoms with Gasteiger partial charge in [0.2, 0.25) is 5.28 Å². The molecule has 34 heavy (non-hydrogen) atoms. The highest BCUT2D eigenvalue weighted by Crippen LogP contribution is 2.39. The average molecular weight is 493 g/mol. The Morgan fingerprint density at radius 1 is 1.29 bits per heavy atom. The van der Waals surface area contributed by atoms with Crippen LogP contribution in [-0.2, 0) is 14.2 Å². The summed E-state index contributed by atoms with van der Waals surface area (Å²) in [5, 5.41) is 11.3. The van der Waals surface area contributed by atoms with Gasteiger partial charge in [0.15, 0.2) is 5.60 Å². The largest absolute Gasteiger partial charge is 0.508 e. The Bertz CT molecular complexity index is 1010. The van der Waals surface area contributed by atoms with Crippen molar-refractivity contribution in [3.8, 4) is 12.3 Å². The third kappa shape index (κ3) is 6.32. The lowest BCUT2D eigenvalue weighted by atomic mass is 9.99. The fourth-order valence-corrected chi connectivity index (χ4v) is 4.25. The summed E-state index contributed by atoms with van der Waals surface area (Å²) in [4.78, 5) is 20.2. The van der Waals surface area contributed by atoms with Gasteiger partial charge in [-0.2, -0.15) is 4.98 Å². The second kappa shape index (κ2) is 12.2. The van der Waals surface area contributed by atoms with E-state index in [1.54, 1.807) is 16.8 Å². The van der Waals surface area contributed by atoms with Crippen LogP contribution in [0.5, 0.6) is 0 Å². The predicted molar refractivity (Wildman–Crippen MR) is 129 cm³/mol. The molecule has 0 bridgehead atoms. The molecule has 0 spiro atoms. The van der Waals surface area contributed by atoms with Gasteiger partial charge >= 0.3 is 6.16 Å². The fourth-order valence-electron chi connectivity index (χ4n) is 4.08. The first-order chi connectivity index (χ1) is 16.4. The molecule has 10 heteroatoms. The molecule has 9 nitrogen and oxygen atoms in total. The molecule has 186 valence electrons. The number of aliphatic hydroxyl groups is 1. The standard InChI is InChI=1S/C24H33ClN4O5/c1-3-5-6-7-8-9-10-11-14-32-23(31)33-16-24(4-2)18(30)15-19(34-24)29-13-12-17-20(26)27-22(25)28-21(17)29/h2,12-13,18-19,30H,3,5-11,14-16H2,1H3,(H2,26,27,28)/t18-,19+,24+/m0/s1. The van der Waals surface area contributed by atoms with Crippen LogP contribution in [0.25, 0.3) is 11.0 Å². The van der Waals surface area contributed by atoms with Gasteiger partial charge in [0.25, 0.3) is 0 Å². The molecular weight excluding hydrogens is 460 g/mol. The Kier molecular flexibility index (Phi) is 9.39. The van der Waals surface area contributed by atoms with Crippen LogP contribution in [0.4, 0.5) is 10.6 Å². The summed E-state index contributed by atoms with van der Waals surface area (Å²) in [6.45, 7) is 2.14. The summed E-state index contributed by atoms with van der Waals surface area (Å²) in [5.41, 5.74) is 4.84. The number of halogens is 1. The summed E-state index contributed by atoms with van der Waals surface area (Å²) in [5.74, 6) is 2.68. The number of ether oxygens (including phenoxy) is 3. The zero-order valence-electron chi connectivity index (χ0n) is 19.5. The Balaban J connectivity index is 1.47. The van der Waals surface area contributed by atoms with Crippen molar-refractivity contribution in [2.75, 3.05) is 18.9 Å². The molecule has 1 saturated heterocycles. The van der Waals surface area contributed by atoms with Gasteiger partial charge in [-0.1, -0.05) is 57.8 Å². The lowest BCUT2D eigenvalue weighted by molar-refractivity contribution is -0.0979. The van der Waals surface area contributed by atoms with E-state index in [1.807, 2.05) is 0 Å². The van der Waals surface area contributed by atoms with Crippen LogP contribution in [0, 0.1) is 12.3 Å². The van der Waals surface area contributed by atoms with E-state index in [0.717, 1.165) is 19.3 Å². The third-order valence-electron chi connectivity index (χ3n) is 6.06. The second-order valence-corrected chi connectivity index (χ2v) is 8.90. The monoisotopic (exact) mass is 492 g/mol. The number of nitrogens with zero attached hydrogens (tertiary/aromatic N) is 3. The lowest BCUT2D eigenvalue weighted by Crippen LogP contribution is -2.43. The lowest BCUT2D eigenvalue weighted by Gasteiger charge is -2.26. The molecule has 3 heterocycles. The van der Waals surface area contributed by atoms with Crippen molar-refractivity contribution < 1.29 is 24.1 Å². The maximum Gasteiger partial charge on any atom is 0.508 e. The minimum Gasteiger partial charge on any atom is -0.434 e. The van der Waals surface area contributed by atoms with Crippen LogP contribution in [0.3, 0.4) is 0 Å². The van der Waals surface area contributed by atoms with Crippen molar-refractivity contribution in [2.45, 2.75) is 82.6 Å². The molecular formula is C24H33ClN4O5. The second-order valence-electron chi connectivity index (χ2n) is 8.56. The molecule has 2 aromatic heterocycles. The first kappa shape index (κ1) is 26.1. The molecule has 0 radical (unpaired) electrons. The van der Waals surface area contributed by atoms with E-state index in [1.165, 1.54) is 32.1 Å². The van der Waals surface area contributed by atoms with Crippen LogP contribution in [0.15, 0.2) is 12.3 Å². The van der Waals surface area contributed by atoms with Crippen molar-refractivity contribution in [2.24, 2.45) is 0 Å². The van der Waals surface area contributed by atoms with Crippen molar-refractivity contribution in [3.05, 3.63) is 17.5 Å². The van der Waals surface area contributed by atoms with Crippen molar-refractivity contribution in [1.29, 1.82) is 0 Å². The maximum atomic E-state index is 12.0. The molecule has 0 amide bonds. The third-order valence-corrected chi connectivity index (χ3v) is 6.23. The first-order valence-electron chi connectivity index (χ1n) is 11.8. The van der Waals surface area contributed by atoms with Gasteiger partial charge in [-0.3, -0.25) is 0 Å². The molecule has 3 atom stereocenters. The fraction of sp³-hybridized carbons (Fsp3) is 0.625. The topological polar surface area (TPSA) is 122 Å². The average Bonchev–Trinajstić information content (AvgIpc) is 3.38. The molecule has 0 unspecified atom stereocenters. The number of nitrogens with two attached hydrogens (primary N) is 1. The number of fused-ring (bicyclic) bond motifs is 1. The van der Waals surface area contributed by atoms with Crippen LogP contribution in [0.2, 0.25) is 5.28 Å². The SMILES string of the molecule is C#C[C@]1(COC(=O)OCCCCCCCCCC)O[C@@H](n2ccc3c(N)nc(Cl)nc32)C[C@@H]1O. The predicted octanol–water partition coefficient (Wildman–Crippen LogP) is 4.61. The molecule has 1 aliphatic heterocycles. The summed E-state index contributed by atoms with van der Waals surface area (Å²) in [7, 11) is 0. The number of hydrogen-bond acceptors (Lipinski definition) is 8. The normalized spacial score (nSPS) is 22.1. The van der Waals surface area contributed by atoms with Crippen LogP contribution < -0.4 is 5.73 Å².